The van der Waals surface area contributed by atoms with Crippen molar-refractivity contribution in [3.05, 3.63) is 23.0 Å². The number of hydrogen-bond donors (Lipinski definition) is 1. The Morgan fingerprint density at radius 1 is 1.45 bits per heavy atom. The van der Waals surface area contributed by atoms with Crippen LogP contribution < -0.4 is 0 Å². The Hall–Kier alpha value is -1.71. The number of allylic oxidation sites excluding steroid dienone is 2. The van der Waals surface area contributed by atoms with Gasteiger partial charge in [0, 0.05) is 29.8 Å². The van der Waals surface area contributed by atoms with Gasteiger partial charge in [-0.15, -0.1) is 0 Å². The van der Waals surface area contributed by atoms with E-state index < -0.39 is 5.97 Å². The molecule has 0 spiro atoms. The van der Waals surface area contributed by atoms with Crippen molar-refractivity contribution in [1.29, 1.82) is 0 Å². The van der Waals surface area contributed by atoms with Gasteiger partial charge in [-0.3, -0.25) is 4.99 Å². The van der Waals surface area contributed by atoms with Crippen LogP contribution in [-0.2, 0) is 4.79 Å². The molecule has 0 atom stereocenters. The molecule has 0 aromatic carbocycles. The fourth-order valence-electron chi connectivity index (χ4n) is 1.01. The van der Waals surface area contributed by atoms with Gasteiger partial charge in [0.15, 0.2) is 5.70 Å². The van der Waals surface area contributed by atoms with Gasteiger partial charge in [0.1, 0.15) is 0 Å². The van der Waals surface area contributed by atoms with Crippen LogP contribution in [-0.4, -0.2) is 23.5 Å². The lowest BCUT2D eigenvalue weighted by Crippen LogP contribution is -1.99. The summed E-state index contributed by atoms with van der Waals surface area (Å²) in [5, 5.41) is 8.60. The second-order valence-corrected chi connectivity index (χ2v) is 2.19. The number of aliphatic imine (C=N–C) groups is 2. The summed E-state index contributed by atoms with van der Waals surface area (Å²) in [5.74, 6) is -1.01. The van der Waals surface area contributed by atoms with Gasteiger partial charge in [0.25, 0.3) is 0 Å². The van der Waals surface area contributed by atoms with Crippen LogP contribution in [0.3, 0.4) is 0 Å². The van der Waals surface area contributed by atoms with Crippen LogP contribution in [0.4, 0.5) is 0 Å². The molecule has 1 N–H and O–H groups in total. The summed E-state index contributed by atoms with van der Waals surface area (Å²) >= 11 is 0. The Morgan fingerprint density at radius 3 is 3.00 bits per heavy atom. The molecule has 54 valence electrons. The molecular formula is C7H4N2O2. The van der Waals surface area contributed by atoms with Crippen molar-refractivity contribution >= 4 is 18.4 Å². The number of aliphatic carboxylic acids is 1. The standard InChI is InChI=1S/C7H4N2O2/c10-7(11)6-5-3-8-1-4(5)2-9-6/h1-3H,(H,10,11). The summed E-state index contributed by atoms with van der Waals surface area (Å²) in [5.41, 5.74) is 1.47. The first-order chi connectivity index (χ1) is 5.29. The van der Waals surface area contributed by atoms with Gasteiger partial charge in [-0.2, -0.15) is 0 Å². The van der Waals surface area contributed by atoms with E-state index in [4.69, 9.17) is 5.11 Å². The second kappa shape index (κ2) is 1.88. The van der Waals surface area contributed by atoms with Gasteiger partial charge in [-0.05, 0) is 0 Å². The van der Waals surface area contributed by atoms with E-state index in [-0.39, 0.29) is 5.70 Å². The van der Waals surface area contributed by atoms with Crippen LogP contribution in [0.25, 0.3) is 0 Å². The minimum absolute atomic E-state index is 0.0810. The Bertz CT molecular complexity index is 347. The third kappa shape index (κ3) is 0.724. The molecule has 2 aliphatic rings. The highest BCUT2D eigenvalue weighted by Crippen LogP contribution is 2.23. The summed E-state index contributed by atoms with van der Waals surface area (Å²) in [7, 11) is 0. The molecule has 11 heavy (non-hydrogen) atoms. The van der Waals surface area contributed by atoms with Crippen molar-refractivity contribution in [3.63, 3.8) is 0 Å². The summed E-state index contributed by atoms with van der Waals surface area (Å²) in [6, 6.07) is 0. The van der Waals surface area contributed by atoms with E-state index in [1.807, 2.05) is 0 Å². The highest BCUT2D eigenvalue weighted by molar-refractivity contribution is 6.12. The molecule has 2 aliphatic heterocycles. The minimum Gasteiger partial charge on any atom is -0.476 e. The lowest BCUT2D eigenvalue weighted by atomic mass is 10.1. The van der Waals surface area contributed by atoms with Crippen LogP contribution in [0.1, 0.15) is 0 Å². The van der Waals surface area contributed by atoms with Crippen molar-refractivity contribution in [2.75, 3.05) is 0 Å². The number of carboxylic acid groups (broad SMARTS) is 1. The molecule has 0 unspecified atom stereocenters. The summed E-state index contributed by atoms with van der Waals surface area (Å²) in [6.45, 7) is 0. The number of rotatable bonds is 1. The third-order valence-electron chi connectivity index (χ3n) is 1.52. The molecule has 0 bridgehead atoms. The van der Waals surface area contributed by atoms with Gasteiger partial charge in [-0.25, -0.2) is 9.79 Å². The normalized spacial score (nSPS) is 19.1. The van der Waals surface area contributed by atoms with Crippen molar-refractivity contribution in [2.24, 2.45) is 9.98 Å². The number of carbonyl (C=O) groups is 1. The van der Waals surface area contributed by atoms with Gasteiger partial charge < -0.3 is 5.11 Å². The molecule has 0 saturated heterocycles. The van der Waals surface area contributed by atoms with E-state index in [0.29, 0.717) is 5.57 Å². The fraction of sp³-hybridized carbons (Fsp3) is 0. The zero-order valence-corrected chi connectivity index (χ0v) is 5.48. The van der Waals surface area contributed by atoms with Gasteiger partial charge in [-0.1, -0.05) is 0 Å². The Balaban J connectivity index is 2.55. The molecule has 0 saturated carbocycles. The first-order valence-electron chi connectivity index (χ1n) is 3.04. The molecule has 4 nitrogen and oxygen atoms in total. The van der Waals surface area contributed by atoms with Crippen LogP contribution in [0.15, 0.2) is 33.0 Å². The van der Waals surface area contributed by atoms with Crippen LogP contribution in [0.5, 0.6) is 0 Å². The Labute approximate surface area is 62.3 Å². The van der Waals surface area contributed by atoms with Crippen molar-refractivity contribution in [2.45, 2.75) is 0 Å². The quantitative estimate of drug-likeness (QED) is 0.584. The first-order valence-corrected chi connectivity index (χ1v) is 3.04. The molecule has 0 aromatic rings. The maximum atomic E-state index is 10.5. The molecule has 4 heteroatoms. The first kappa shape index (κ1) is 6.03. The number of nitrogens with zero attached hydrogens (tertiary/aromatic N) is 2. The second-order valence-electron chi connectivity index (χ2n) is 2.19. The highest BCUT2D eigenvalue weighted by Gasteiger charge is 2.21. The molecule has 0 aromatic heterocycles. The number of hydrogen-bond acceptors (Lipinski definition) is 3. The van der Waals surface area contributed by atoms with Gasteiger partial charge in [0.2, 0.25) is 0 Å². The maximum absolute atomic E-state index is 10.5. The summed E-state index contributed by atoms with van der Waals surface area (Å²) in [4.78, 5) is 18.0. The Kier molecular flexibility index (Phi) is 1.03. The highest BCUT2D eigenvalue weighted by atomic mass is 16.4. The molecular weight excluding hydrogens is 144 g/mol. The molecule has 0 fully saturated rings. The largest absolute Gasteiger partial charge is 0.476 e. The molecule has 2 heterocycles. The molecule has 0 amide bonds. The lowest BCUT2D eigenvalue weighted by molar-refractivity contribution is -0.132. The molecule has 0 aliphatic carbocycles. The third-order valence-corrected chi connectivity index (χ3v) is 1.52. The SMILES string of the molecule is O=C(O)C1=C2C=NC=C2C=N1. The topological polar surface area (TPSA) is 62.0 Å². The number of carboxylic acids is 1. The monoisotopic (exact) mass is 148 g/mol. The zero-order valence-electron chi connectivity index (χ0n) is 5.48. The lowest BCUT2D eigenvalue weighted by Gasteiger charge is -1.90. The van der Waals surface area contributed by atoms with Crippen LogP contribution in [0.2, 0.25) is 0 Å². The van der Waals surface area contributed by atoms with E-state index in [1.54, 1.807) is 6.20 Å². The predicted octanol–water partition coefficient (Wildman–Crippen LogP) is 0.378. The average molecular weight is 148 g/mol. The minimum atomic E-state index is -1.01. The molecule has 0 radical (unpaired) electrons. The van der Waals surface area contributed by atoms with Gasteiger partial charge in [0.05, 0.1) is 0 Å². The fourth-order valence-corrected chi connectivity index (χ4v) is 1.01. The van der Waals surface area contributed by atoms with E-state index in [1.165, 1.54) is 12.4 Å². The number of fused-ring (bicyclic) bond motifs is 1. The Morgan fingerprint density at radius 2 is 2.27 bits per heavy atom. The van der Waals surface area contributed by atoms with E-state index in [9.17, 15) is 4.79 Å². The van der Waals surface area contributed by atoms with Gasteiger partial charge >= 0.3 is 5.97 Å². The van der Waals surface area contributed by atoms with E-state index >= 15 is 0 Å². The van der Waals surface area contributed by atoms with E-state index in [0.717, 1.165) is 5.57 Å². The van der Waals surface area contributed by atoms with Crippen molar-refractivity contribution in [1.82, 2.24) is 0 Å². The molecule has 2 rings (SSSR count). The van der Waals surface area contributed by atoms with E-state index in [2.05, 4.69) is 9.98 Å². The smallest absolute Gasteiger partial charge is 0.355 e. The average Bonchev–Trinajstić information content (AvgIpc) is 2.41. The van der Waals surface area contributed by atoms with Crippen LogP contribution >= 0.6 is 0 Å². The summed E-state index contributed by atoms with van der Waals surface area (Å²) < 4.78 is 0. The van der Waals surface area contributed by atoms with Crippen molar-refractivity contribution in [3.8, 4) is 0 Å². The van der Waals surface area contributed by atoms with Crippen LogP contribution in [0, 0.1) is 0 Å². The van der Waals surface area contributed by atoms with Crippen molar-refractivity contribution < 1.29 is 9.90 Å². The summed E-state index contributed by atoms with van der Waals surface area (Å²) in [6.07, 6.45) is 4.60. The zero-order chi connectivity index (χ0) is 7.84. The maximum Gasteiger partial charge on any atom is 0.355 e. The predicted molar refractivity (Wildman–Crippen MR) is 39.7 cm³/mol.